The van der Waals surface area contributed by atoms with Crippen LogP contribution in [0.3, 0.4) is 0 Å². The predicted octanol–water partition coefficient (Wildman–Crippen LogP) is 1.62. The zero-order valence-corrected chi connectivity index (χ0v) is 21.4. The Kier molecular flexibility index (Phi) is 9.66. The second kappa shape index (κ2) is 12.2. The minimum Gasteiger partial charge on any atom is -0.464 e. The summed E-state index contributed by atoms with van der Waals surface area (Å²) in [6.45, 7) is 9.10. The summed E-state index contributed by atoms with van der Waals surface area (Å²) < 4.78 is 10.2. The van der Waals surface area contributed by atoms with Gasteiger partial charge in [0.2, 0.25) is 11.8 Å². The second-order valence-electron chi connectivity index (χ2n) is 8.49. The van der Waals surface area contributed by atoms with E-state index in [1.165, 1.54) is 26.0 Å². The Morgan fingerprint density at radius 3 is 1.33 bits per heavy atom. The highest BCUT2D eigenvalue weighted by atomic mass is 16.5. The summed E-state index contributed by atoms with van der Waals surface area (Å²) in [5.74, 6) is -2.92. The van der Waals surface area contributed by atoms with Crippen LogP contribution in [0, 0.1) is 0 Å². The number of amides is 2. The van der Waals surface area contributed by atoms with E-state index < -0.39 is 35.8 Å². The van der Waals surface area contributed by atoms with Gasteiger partial charge in [0.05, 0.1) is 13.2 Å². The average Bonchev–Trinajstić information content (AvgIpc) is 2.80. The van der Waals surface area contributed by atoms with Crippen molar-refractivity contribution in [1.82, 2.24) is 10.6 Å². The minimum absolute atomic E-state index is 0.0696. The number of fused-ring (bicyclic) bond motifs is 1. The zero-order chi connectivity index (χ0) is 27.2. The number of benzene rings is 1. The lowest BCUT2D eigenvalue weighted by atomic mass is 9.81. The number of ether oxygens (including phenoxy) is 2. The average molecular weight is 501 g/mol. The molecule has 0 saturated carbocycles. The van der Waals surface area contributed by atoms with Crippen LogP contribution in [0.15, 0.2) is 23.3 Å². The first-order valence-corrected chi connectivity index (χ1v) is 11.7. The predicted molar refractivity (Wildman–Crippen MR) is 129 cm³/mol. The lowest BCUT2D eigenvalue weighted by Crippen LogP contribution is -2.44. The first-order chi connectivity index (χ1) is 16.9. The van der Waals surface area contributed by atoms with E-state index in [-0.39, 0.29) is 48.7 Å². The van der Waals surface area contributed by atoms with Gasteiger partial charge in [-0.3, -0.25) is 19.2 Å². The molecule has 194 valence electrons. The summed E-state index contributed by atoms with van der Waals surface area (Å²) in [6.07, 6.45) is -0.139. The van der Waals surface area contributed by atoms with Gasteiger partial charge in [0.1, 0.15) is 12.1 Å². The molecule has 1 aromatic rings. The summed E-state index contributed by atoms with van der Waals surface area (Å²) in [5, 5.41) is 5.10. The molecule has 0 aliphatic heterocycles. The summed E-state index contributed by atoms with van der Waals surface area (Å²) >= 11 is 0. The van der Waals surface area contributed by atoms with Crippen LogP contribution < -0.4 is 10.6 Å². The molecule has 0 heterocycles. The molecule has 2 amide bonds. The van der Waals surface area contributed by atoms with Gasteiger partial charge in [-0.25, -0.2) is 9.59 Å². The number of nitrogens with one attached hydrogen (secondary N) is 2. The Labute approximate surface area is 209 Å². The van der Waals surface area contributed by atoms with Crippen molar-refractivity contribution in [3.05, 3.63) is 45.5 Å². The fourth-order valence-corrected chi connectivity index (χ4v) is 3.99. The zero-order valence-electron chi connectivity index (χ0n) is 21.4. The Balaban J connectivity index is 2.66. The molecule has 10 nitrogen and oxygen atoms in total. The fourth-order valence-electron chi connectivity index (χ4n) is 3.99. The Morgan fingerprint density at radius 2 is 1.06 bits per heavy atom. The molecule has 10 heteroatoms. The highest BCUT2D eigenvalue weighted by Gasteiger charge is 2.32. The molecule has 1 aliphatic carbocycles. The Bertz CT molecular complexity index is 1050. The number of allylic oxidation sites excluding steroid dienone is 2. The van der Waals surface area contributed by atoms with Crippen molar-refractivity contribution in [2.45, 2.75) is 66.5 Å². The normalized spacial score (nSPS) is 14.5. The number of Topliss-reactive ketones (excluding diaryl/α,β-unsaturated/α-hetero) is 2. The van der Waals surface area contributed by atoms with Crippen molar-refractivity contribution < 1.29 is 38.2 Å². The van der Waals surface area contributed by atoms with Crippen molar-refractivity contribution in [3.63, 3.8) is 0 Å². The van der Waals surface area contributed by atoms with Crippen molar-refractivity contribution in [2.24, 2.45) is 0 Å². The SMILES string of the molecule is CCOC(=O)[C@@H](Cc1cc2c(cc1C[C@@H](NC(C)=O)C(=O)OCC)C(=O)C(C)=C(C)C2=O)NC(C)=O. The van der Waals surface area contributed by atoms with E-state index in [4.69, 9.17) is 9.47 Å². The van der Waals surface area contributed by atoms with Crippen molar-refractivity contribution >= 4 is 35.3 Å². The minimum atomic E-state index is -1.08. The first kappa shape index (κ1) is 28.4. The smallest absolute Gasteiger partial charge is 0.328 e. The molecule has 0 fully saturated rings. The maximum absolute atomic E-state index is 13.0. The topological polar surface area (TPSA) is 145 Å². The molecular formula is C26H32N2O8. The van der Waals surface area contributed by atoms with Crippen LogP contribution in [-0.4, -0.2) is 60.6 Å². The van der Waals surface area contributed by atoms with Gasteiger partial charge in [-0.15, -0.1) is 0 Å². The van der Waals surface area contributed by atoms with Crippen LogP contribution in [-0.2, 0) is 41.5 Å². The number of carbonyl (C=O) groups excluding carboxylic acids is 6. The number of hydrogen-bond donors (Lipinski definition) is 2. The van der Waals surface area contributed by atoms with Crippen molar-refractivity contribution in [3.8, 4) is 0 Å². The molecule has 2 N–H and O–H groups in total. The van der Waals surface area contributed by atoms with E-state index in [9.17, 15) is 28.8 Å². The highest BCUT2D eigenvalue weighted by molar-refractivity contribution is 6.26. The van der Waals surface area contributed by atoms with E-state index in [0.717, 1.165) is 0 Å². The highest BCUT2D eigenvalue weighted by Crippen LogP contribution is 2.30. The van der Waals surface area contributed by atoms with Crippen LogP contribution >= 0.6 is 0 Å². The summed E-state index contributed by atoms with van der Waals surface area (Å²) in [6, 6.07) is 0.859. The molecule has 0 radical (unpaired) electrons. The van der Waals surface area contributed by atoms with Gasteiger partial charge in [-0.2, -0.15) is 0 Å². The van der Waals surface area contributed by atoms with Gasteiger partial charge in [-0.05, 0) is 51.0 Å². The van der Waals surface area contributed by atoms with E-state index >= 15 is 0 Å². The Morgan fingerprint density at radius 1 is 0.722 bits per heavy atom. The van der Waals surface area contributed by atoms with Gasteiger partial charge in [0.15, 0.2) is 11.6 Å². The number of esters is 2. The van der Waals surface area contributed by atoms with E-state index in [2.05, 4.69) is 10.6 Å². The van der Waals surface area contributed by atoms with Crippen LogP contribution in [0.25, 0.3) is 0 Å². The molecular weight excluding hydrogens is 468 g/mol. The third kappa shape index (κ3) is 6.65. The van der Waals surface area contributed by atoms with Crippen molar-refractivity contribution in [1.29, 1.82) is 0 Å². The molecule has 1 aromatic carbocycles. The largest absolute Gasteiger partial charge is 0.464 e. The van der Waals surface area contributed by atoms with E-state index in [1.54, 1.807) is 27.7 Å². The van der Waals surface area contributed by atoms with Gasteiger partial charge < -0.3 is 20.1 Å². The number of hydrogen-bond acceptors (Lipinski definition) is 8. The third-order valence-corrected chi connectivity index (χ3v) is 5.82. The standard InChI is InChI=1S/C26H32N2O8/c1-7-35-25(33)21(27-15(5)29)11-17-9-19-20(24(32)14(4)13(3)23(19)31)10-18(17)12-22(28-16(6)30)26(34)36-8-2/h9-10,21-22H,7-8,11-12H2,1-6H3,(H,27,29)(H,28,30)/t21-,22-/m1/s1. The lowest BCUT2D eigenvalue weighted by molar-refractivity contribution is -0.147. The fraction of sp³-hybridized carbons (Fsp3) is 0.462. The first-order valence-electron chi connectivity index (χ1n) is 11.7. The Hall–Kier alpha value is -3.82. The van der Waals surface area contributed by atoms with E-state index in [0.29, 0.717) is 22.3 Å². The van der Waals surface area contributed by atoms with Crippen molar-refractivity contribution in [2.75, 3.05) is 13.2 Å². The molecule has 2 rings (SSSR count). The second-order valence-corrected chi connectivity index (χ2v) is 8.49. The number of carbonyl (C=O) groups is 6. The molecule has 2 atom stereocenters. The molecule has 1 aliphatic rings. The van der Waals surface area contributed by atoms with Crippen LogP contribution in [0.2, 0.25) is 0 Å². The van der Waals surface area contributed by atoms with Gasteiger partial charge in [0.25, 0.3) is 0 Å². The van der Waals surface area contributed by atoms with Gasteiger partial charge in [-0.1, -0.05) is 0 Å². The maximum Gasteiger partial charge on any atom is 0.328 e. The molecule has 0 aromatic heterocycles. The number of rotatable bonds is 10. The summed E-state index contributed by atoms with van der Waals surface area (Å²) in [7, 11) is 0. The molecule has 0 bridgehead atoms. The molecule has 0 saturated heterocycles. The maximum atomic E-state index is 13.0. The quantitative estimate of drug-likeness (QED) is 0.461. The van der Waals surface area contributed by atoms with Gasteiger partial charge in [0, 0.05) is 49.0 Å². The van der Waals surface area contributed by atoms with Crippen LogP contribution in [0.1, 0.15) is 73.4 Å². The summed E-state index contributed by atoms with van der Waals surface area (Å²) in [4.78, 5) is 74.7. The third-order valence-electron chi connectivity index (χ3n) is 5.82. The van der Waals surface area contributed by atoms with Gasteiger partial charge >= 0.3 is 11.9 Å². The molecule has 0 spiro atoms. The van der Waals surface area contributed by atoms with Crippen LogP contribution in [0.5, 0.6) is 0 Å². The van der Waals surface area contributed by atoms with E-state index in [1.807, 2.05) is 0 Å². The molecule has 0 unspecified atom stereocenters. The number of ketones is 2. The molecule has 36 heavy (non-hydrogen) atoms. The monoisotopic (exact) mass is 500 g/mol. The van der Waals surface area contributed by atoms with Crippen LogP contribution in [0.4, 0.5) is 0 Å². The lowest BCUT2D eigenvalue weighted by Gasteiger charge is -2.24. The summed E-state index contributed by atoms with van der Waals surface area (Å²) in [5.41, 5.74) is 1.84.